The predicted molar refractivity (Wildman–Crippen MR) is 128 cm³/mol. The Kier molecular flexibility index (Phi) is 6.54. The molecule has 0 saturated carbocycles. The summed E-state index contributed by atoms with van der Waals surface area (Å²) in [6.07, 6.45) is 4.56. The summed E-state index contributed by atoms with van der Waals surface area (Å²) in [4.78, 5) is 31.7. The van der Waals surface area contributed by atoms with Crippen LogP contribution in [-0.2, 0) is 11.2 Å². The Morgan fingerprint density at radius 1 is 1.15 bits per heavy atom. The smallest absolute Gasteiger partial charge is 0.255 e. The Labute approximate surface area is 193 Å². The SMILES string of the molecule is Cc1cc(C(=O)Nc2cccnc2)cc(C)c1N1C[C@@H](Cc2ccccc2F)C[C@@H](C)C1=O. The minimum Gasteiger partial charge on any atom is -0.321 e. The molecule has 1 N–H and O–H groups in total. The third-order valence-electron chi connectivity index (χ3n) is 6.22. The highest BCUT2D eigenvalue weighted by molar-refractivity contribution is 6.05. The number of carbonyl (C=O) groups excluding carboxylic acids is 2. The zero-order valence-electron chi connectivity index (χ0n) is 19.1. The molecule has 0 aliphatic carbocycles. The highest BCUT2D eigenvalue weighted by Gasteiger charge is 2.34. The third-order valence-corrected chi connectivity index (χ3v) is 6.22. The molecule has 1 aromatic heterocycles. The van der Waals surface area contributed by atoms with E-state index in [9.17, 15) is 14.0 Å². The molecular weight excluding hydrogens is 417 g/mol. The van der Waals surface area contributed by atoms with E-state index in [1.165, 1.54) is 6.07 Å². The summed E-state index contributed by atoms with van der Waals surface area (Å²) in [6.45, 7) is 6.30. The zero-order chi connectivity index (χ0) is 23.5. The topological polar surface area (TPSA) is 62.3 Å². The number of piperidine rings is 1. The first-order valence-electron chi connectivity index (χ1n) is 11.2. The molecular formula is C27H28FN3O2. The lowest BCUT2D eigenvalue weighted by atomic mass is 9.84. The number of halogens is 1. The summed E-state index contributed by atoms with van der Waals surface area (Å²) < 4.78 is 14.2. The lowest BCUT2D eigenvalue weighted by Crippen LogP contribution is -2.46. The minimum absolute atomic E-state index is 0.0681. The summed E-state index contributed by atoms with van der Waals surface area (Å²) in [5, 5.41) is 2.85. The van der Waals surface area contributed by atoms with Gasteiger partial charge >= 0.3 is 0 Å². The molecule has 2 amide bonds. The number of nitrogens with zero attached hydrogens (tertiary/aromatic N) is 2. The Bertz CT molecular complexity index is 1160. The van der Waals surface area contributed by atoms with Crippen LogP contribution in [0.25, 0.3) is 0 Å². The van der Waals surface area contributed by atoms with Crippen molar-refractivity contribution in [3.05, 3.63) is 89.0 Å². The van der Waals surface area contributed by atoms with E-state index in [1.54, 1.807) is 30.6 Å². The Morgan fingerprint density at radius 2 is 1.88 bits per heavy atom. The van der Waals surface area contributed by atoms with Crippen LogP contribution in [0.5, 0.6) is 0 Å². The van der Waals surface area contributed by atoms with Gasteiger partial charge in [-0.25, -0.2) is 4.39 Å². The van der Waals surface area contributed by atoms with Crippen LogP contribution in [0.4, 0.5) is 15.8 Å². The molecule has 2 aromatic carbocycles. The lowest BCUT2D eigenvalue weighted by Gasteiger charge is -2.38. The van der Waals surface area contributed by atoms with Gasteiger partial charge in [0.1, 0.15) is 5.82 Å². The summed E-state index contributed by atoms with van der Waals surface area (Å²) in [6, 6.07) is 14.0. The molecule has 33 heavy (non-hydrogen) atoms. The molecule has 2 heterocycles. The van der Waals surface area contributed by atoms with Crippen LogP contribution in [0.15, 0.2) is 60.9 Å². The number of nitrogens with one attached hydrogen (secondary N) is 1. The van der Waals surface area contributed by atoms with Crippen LogP contribution in [0, 0.1) is 31.5 Å². The number of pyridine rings is 1. The highest BCUT2D eigenvalue weighted by atomic mass is 19.1. The number of benzene rings is 2. The van der Waals surface area contributed by atoms with Gasteiger partial charge in [0.25, 0.3) is 5.91 Å². The Balaban J connectivity index is 1.58. The summed E-state index contributed by atoms with van der Waals surface area (Å²) >= 11 is 0. The molecule has 0 bridgehead atoms. The van der Waals surface area contributed by atoms with Crippen LogP contribution in [-0.4, -0.2) is 23.3 Å². The van der Waals surface area contributed by atoms with Crippen molar-refractivity contribution in [1.82, 2.24) is 4.98 Å². The number of rotatable bonds is 5. The van der Waals surface area contributed by atoms with Gasteiger partial charge < -0.3 is 10.2 Å². The maximum Gasteiger partial charge on any atom is 0.255 e. The van der Waals surface area contributed by atoms with Crippen molar-refractivity contribution in [2.24, 2.45) is 11.8 Å². The van der Waals surface area contributed by atoms with Crippen LogP contribution < -0.4 is 10.2 Å². The first-order valence-corrected chi connectivity index (χ1v) is 11.2. The second kappa shape index (κ2) is 9.53. The van der Waals surface area contributed by atoms with Crippen molar-refractivity contribution in [2.75, 3.05) is 16.8 Å². The highest BCUT2D eigenvalue weighted by Crippen LogP contribution is 2.34. The van der Waals surface area contributed by atoms with Gasteiger partial charge in [0.15, 0.2) is 0 Å². The fraction of sp³-hybridized carbons (Fsp3) is 0.296. The van der Waals surface area contributed by atoms with Gasteiger partial charge in [-0.3, -0.25) is 14.6 Å². The van der Waals surface area contributed by atoms with Crippen molar-refractivity contribution < 1.29 is 14.0 Å². The molecule has 5 nitrogen and oxygen atoms in total. The van der Waals surface area contributed by atoms with Gasteiger partial charge in [-0.05, 0) is 79.6 Å². The van der Waals surface area contributed by atoms with Crippen molar-refractivity contribution in [3.63, 3.8) is 0 Å². The number of anilines is 2. The molecule has 1 aliphatic heterocycles. The van der Waals surface area contributed by atoms with Gasteiger partial charge in [0.05, 0.1) is 11.9 Å². The van der Waals surface area contributed by atoms with Crippen molar-refractivity contribution in [2.45, 2.75) is 33.6 Å². The van der Waals surface area contributed by atoms with Crippen LogP contribution in [0.2, 0.25) is 0 Å². The summed E-state index contributed by atoms with van der Waals surface area (Å²) in [5.74, 6) is -0.357. The lowest BCUT2D eigenvalue weighted by molar-refractivity contribution is -0.124. The molecule has 3 aromatic rings. The number of carbonyl (C=O) groups is 2. The van der Waals surface area contributed by atoms with Gasteiger partial charge in [0.2, 0.25) is 5.91 Å². The standard InChI is InChI=1S/C27H28FN3O2/c1-17-12-22(26(32)30-23-8-6-10-29-15-23)13-18(2)25(17)31-16-20(11-19(3)27(31)33)14-21-7-4-5-9-24(21)28/h4-10,12-13,15,19-20H,11,14,16H2,1-3H3,(H,30,32)/t19-,20-/m1/s1. The Morgan fingerprint density at radius 3 is 2.55 bits per heavy atom. The minimum atomic E-state index is -0.225. The number of aryl methyl sites for hydroxylation is 2. The van der Waals surface area contributed by atoms with E-state index in [0.717, 1.165) is 23.2 Å². The number of hydrogen-bond acceptors (Lipinski definition) is 3. The molecule has 2 atom stereocenters. The maximum atomic E-state index is 14.2. The predicted octanol–water partition coefficient (Wildman–Crippen LogP) is 5.32. The van der Waals surface area contributed by atoms with Gasteiger partial charge in [-0.15, -0.1) is 0 Å². The van der Waals surface area contributed by atoms with Crippen molar-refractivity contribution in [1.29, 1.82) is 0 Å². The monoisotopic (exact) mass is 445 g/mol. The van der Waals surface area contributed by atoms with E-state index >= 15 is 0 Å². The van der Waals surface area contributed by atoms with Gasteiger partial charge in [0, 0.05) is 29.9 Å². The number of aromatic nitrogens is 1. The van der Waals surface area contributed by atoms with E-state index < -0.39 is 0 Å². The van der Waals surface area contributed by atoms with E-state index in [1.807, 2.05) is 49.9 Å². The molecule has 0 spiro atoms. The molecule has 1 saturated heterocycles. The van der Waals surface area contributed by atoms with Crippen LogP contribution in [0.1, 0.15) is 40.4 Å². The Hall–Kier alpha value is -3.54. The largest absolute Gasteiger partial charge is 0.321 e. The summed E-state index contributed by atoms with van der Waals surface area (Å²) in [7, 11) is 0. The van der Waals surface area contributed by atoms with Crippen molar-refractivity contribution >= 4 is 23.2 Å². The maximum absolute atomic E-state index is 14.2. The molecule has 0 unspecified atom stereocenters. The normalized spacial score (nSPS) is 18.3. The molecule has 4 rings (SSSR count). The van der Waals surface area contributed by atoms with E-state index in [4.69, 9.17) is 0 Å². The van der Waals surface area contributed by atoms with Gasteiger partial charge in [-0.1, -0.05) is 25.1 Å². The molecule has 0 radical (unpaired) electrons. The first kappa shape index (κ1) is 22.6. The fourth-order valence-corrected chi connectivity index (χ4v) is 4.77. The van der Waals surface area contributed by atoms with Crippen molar-refractivity contribution in [3.8, 4) is 0 Å². The quantitative estimate of drug-likeness (QED) is 0.578. The number of hydrogen-bond donors (Lipinski definition) is 1. The average Bonchev–Trinajstić information content (AvgIpc) is 2.78. The van der Waals surface area contributed by atoms with E-state index in [2.05, 4.69) is 10.3 Å². The molecule has 1 fully saturated rings. The third kappa shape index (κ3) is 4.95. The van der Waals surface area contributed by atoms with Crippen LogP contribution in [0.3, 0.4) is 0 Å². The zero-order valence-corrected chi connectivity index (χ0v) is 19.1. The average molecular weight is 446 g/mol. The molecule has 1 aliphatic rings. The second-order valence-corrected chi connectivity index (χ2v) is 8.90. The first-order chi connectivity index (χ1) is 15.8. The fourth-order valence-electron chi connectivity index (χ4n) is 4.77. The van der Waals surface area contributed by atoms with Gasteiger partial charge in [-0.2, -0.15) is 0 Å². The van der Waals surface area contributed by atoms with E-state index in [0.29, 0.717) is 29.8 Å². The second-order valence-electron chi connectivity index (χ2n) is 8.90. The summed E-state index contributed by atoms with van der Waals surface area (Å²) in [5.41, 5.74) is 4.38. The number of amides is 2. The van der Waals surface area contributed by atoms with Crippen LogP contribution >= 0.6 is 0 Å². The van der Waals surface area contributed by atoms with E-state index in [-0.39, 0.29) is 29.5 Å². The molecule has 170 valence electrons. The molecule has 6 heteroatoms.